The lowest BCUT2D eigenvalue weighted by molar-refractivity contribution is 0.615. The first kappa shape index (κ1) is 10.2. The Kier molecular flexibility index (Phi) is 5.13. The number of hydrogen-bond donors (Lipinski definition) is 1. The molecule has 3 nitrogen and oxygen atoms in total. The van der Waals surface area contributed by atoms with Gasteiger partial charge >= 0.3 is 0 Å². The lowest BCUT2D eigenvalue weighted by atomic mass is 10.3. The van der Waals surface area contributed by atoms with Crippen LogP contribution in [-0.2, 0) is 6.54 Å². The minimum Gasteiger partial charge on any atom is -0.311 e. The molecule has 71 valence electrons. The van der Waals surface area contributed by atoms with Crippen molar-refractivity contribution in [3.05, 3.63) is 30.1 Å². The highest BCUT2D eigenvalue weighted by atomic mass is 14.9. The molecule has 0 aliphatic carbocycles. The Balaban J connectivity index is 2.07. The number of aromatic nitrogens is 1. The van der Waals surface area contributed by atoms with Gasteiger partial charge in [-0.2, -0.15) is 0 Å². The van der Waals surface area contributed by atoms with Gasteiger partial charge in [0.15, 0.2) is 0 Å². The Morgan fingerprint density at radius 3 is 3.08 bits per heavy atom. The van der Waals surface area contributed by atoms with Crippen molar-refractivity contribution in [1.82, 2.24) is 15.6 Å². The van der Waals surface area contributed by atoms with Crippen LogP contribution >= 0.6 is 0 Å². The third-order valence-corrected chi connectivity index (χ3v) is 1.77. The molecule has 0 fully saturated rings. The van der Waals surface area contributed by atoms with E-state index in [9.17, 15) is 0 Å². The predicted molar refractivity (Wildman–Crippen MR) is 53.5 cm³/mol. The second-order valence-corrected chi connectivity index (χ2v) is 2.89. The molecule has 0 saturated heterocycles. The number of rotatable bonds is 6. The van der Waals surface area contributed by atoms with Crippen LogP contribution in [-0.4, -0.2) is 25.1 Å². The van der Waals surface area contributed by atoms with Crippen LogP contribution in [0.1, 0.15) is 12.1 Å². The fourth-order valence-electron chi connectivity index (χ4n) is 1.08. The van der Waals surface area contributed by atoms with Crippen LogP contribution in [0.4, 0.5) is 0 Å². The van der Waals surface area contributed by atoms with Crippen LogP contribution in [0.5, 0.6) is 0 Å². The molecule has 0 unspecified atom stereocenters. The van der Waals surface area contributed by atoms with Gasteiger partial charge in [0.05, 0.1) is 5.69 Å². The van der Waals surface area contributed by atoms with E-state index >= 15 is 0 Å². The van der Waals surface area contributed by atoms with E-state index in [1.807, 2.05) is 31.4 Å². The Hall–Kier alpha value is -0.930. The first-order valence-corrected chi connectivity index (χ1v) is 4.59. The summed E-state index contributed by atoms with van der Waals surface area (Å²) in [6.07, 6.45) is 2.92. The largest absolute Gasteiger partial charge is 0.311 e. The molecule has 1 heterocycles. The molecule has 1 rings (SSSR count). The van der Waals surface area contributed by atoms with Gasteiger partial charge in [-0.3, -0.25) is 4.98 Å². The molecule has 1 radical (unpaired) electrons. The molecule has 0 spiro atoms. The molecule has 0 bridgehead atoms. The Bertz CT molecular complexity index is 211. The maximum atomic E-state index is 4.21. The predicted octanol–water partition coefficient (Wildman–Crippen LogP) is 0.795. The normalized spacial score (nSPS) is 10.2. The highest BCUT2D eigenvalue weighted by Crippen LogP contribution is 1.91. The maximum Gasteiger partial charge on any atom is 0.0541 e. The van der Waals surface area contributed by atoms with Gasteiger partial charge in [0.25, 0.3) is 0 Å². The summed E-state index contributed by atoms with van der Waals surface area (Å²) in [4.78, 5) is 4.21. The highest BCUT2D eigenvalue weighted by Gasteiger charge is 1.91. The summed E-state index contributed by atoms with van der Waals surface area (Å²) >= 11 is 0. The van der Waals surface area contributed by atoms with Gasteiger partial charge in [-0.1, -0.05) is 6.07 Å². The zero-order valence-corrected chi connectivity index (χ0v) is 8.03. The van der Waals surface area contributed by atoms with Crippen LogP contribution in [0.25, 0.3) is 0 Å². The average Bonchev–Trinajstić information content (AvgIpc) is 2.19. The molecule has 3 heteroatoms. The summed E-state index contributed by atoms with van der Waals surface area (Å²) in [6.45, 7) is 2.80. The van der Waals surface area contributed by atoms with E-state index in [-0.39, 0.29) is 0 Å². The summed E-state index contributed by atoms with van der Waals surface area (Å²) in [7, 11) is 1.85. The van der Waals surface area contributed by atoms with E-state index in [2.05, 4.69) is 15.6 Å². The van der Waals surface area contributed by atoms with Crippen LogP contribution < -0.4 is 10.6 Å². The average molecular weight is 178 g/mol. The lowest BCUT2D eigenvalue weighted by Gasteiger charge is -2.02. The summed E-state index contributed by atoms with van der Waals surface area (Å²) in [5.41, 5.74) is 1.09. The molecule has 1 N–H and O–H groups in total. The molecule has 0 aliphatic heterocycles. The molecule has 0 saturated carbocycles. The van der Waals surface area contributed by atoms with Gasteiger partial charge < -0.3 is 5.32 Å². The van der Waals surface area contributed by atoms with Crippen molar-refractivity contribution in [2.24, 2.45) is 0 Å². The summed E-state index contributed by atoms with van der Waals surface area (Å²) in [6, 6.07) is 5.96. The zero-order chi connectivity index (χ0) is 9.36. The first-order chi connectivity index (χ1) is 6.43. The SMILES string of the molecule is C[N]CCCNCc1ccccn1. The van der Waals surface area contributed by atoms with Crippen LogP contribution in [0, 0.1) is 0 Å². The minimum atomic E-state index is 0.852. The van der Waals surface area contributed by atoms with Crippen LogP contribution in [0.15, 0.2) is 24.4 Å². The fourth-order valence-corrected chi connectivity index (χ4v) is 1.08. The van der Waals surface area contributed by atoms with Crippen LogP contribution in [0.3, 0.4) is 0 Å². The van der Waals surface area contributed by atoms with E-state index in [0.717, 1.165) is 31.7 Å². The van der Waals surface area contributed by atoms with Gasteiger partial charge in [-0.25, -0.2) is 5.32 Å². The molecule has 0 aliphatic rings. The summed E-state index contributed by atoms with van der Waals surface area (Å²) < 4.78 is 0. The number of hydrogen-bond acceptors (Lipinski definition) is 2. The van der Waals surface area contributed by atoms with Gasteiger partial charge in [-0.05, 0) is 25.1 Å². The van der Waals surface area contributed by atoms with E-state index in [4.69, 9.17) is 0 Å². The monoisotopic (exact) mass is 178 g/mol. The number of nitrogens with zero attached hydrogens (tertiary/aromatic N) is 2. The second kappa shape index (κ2) is 6.57. The van der Waals surface area contributed by atoms with Crippen molar-refractivity contribution in [2.75, 3.05) is 20.1 Å². The molecule has 0 atom stereocenters. The van der Waals surface area contributed by atoms with E-state index in [0.29, 0.717) is 0 Å². The Labute approximate surface area is 79.6 Å². The van der Waals surface area contributed by atoms with Gasteiger partial charge in [-0.15, -0.1) is 0 Å². The first-order valence-electron chi connectivity index (χ1n) is 4.59. The third kappa shape index (κ3) is 4.60. The summed E-state index contributed by atoms with van der Waals surface area (Å²) in [5, 5.41) is 7.34. The van der Waals surface area contributed by atoms with Crippen LogP contribution in [0.2, 0.25) is 0 Å². The molecular weight excluding hydrogens is 162 g/mol. The molecule has 1 aromatic heterocycles. The standard InChI is InChI=1S/C10H16N3/c1-11-6-4-7-12-9-10-5-2-3-8-13-10/h2-3,5,8,12H,4,6-7,9H2,1H3. The highest BCUT2D eigenvalue weighted by molar-refractivity contribution is 5.02. The number of pyridine rings is 1. The van der Waals surface area contributed by atoms with Gasteiger partial charge in [0.2, 0.25) is 0 Å². The maximum absolute atomic E-state index is 4.21. The molecule has 0 amide bonds. The molecule has 0 aromatic carbocycles. The molecular formula is C10H16N3. The lowest BCUT2D eigenvalue weighted by Crippen LogP contribution is -2.17. The Morgan fingerprint density at radius 1 is 1.46 bits per heavy atom. The van der Waals surface area contributed by atoms with E-state index in [1.165, 1.54) is 0 Å². The topological polar surface area (TPSA) is 39.0 Å². The van der Waals surface area contributed by atoms with Crippen molar-refractivity contribution in [3.63, 3.8) is 0 Å². The smallest absolute Gasteiger partial charge is 0.0541 e. The minimum absolute atomic E-state index is 0.852. The van der Waals surface area contributed by atoms with Crippen molar-refractivity contribution in [2.45, 2.75) is 13.0 Å². The van der Waals surface area contributed by atoms with E-state index < -0.39 is 0 Å². The van der Waals surface area contributed by atoms with E-state index in [1.54, 1.807) is 0 Å². The molecule has 1 aromatic rings. The Morgan fingerprint density at radius 2 is 2.38 bits per heavy atom. The number of nitrogens with one attached hydrogen (secondary N) is 1. The van der Waals surface area contributed by atoms with Crippen molar-refractivity contribution in [3.8, 4) is 0 Å². The second-order valence-electron chi connectivity index (χ2n) is 2.89. The fraction of sp³-hybridized carbons (Fsp3) is 0.500. The quantitative estimate of drug-likeness (QED) is 0.654. The summed E-state index contributed by atoms with van der Waals surface area (Å²) in [5.74, 6) is 0. The molecule has 13 heavy (non-hydrogen) atoms. The van der Waals surface area contributed by atoms with Crippen molar-refractivity contribution < 1.29 is 0 Å². The van der Waals surface area contributed by atoms with Crippen molar-refractivity contribution >= 4 is 0 Å². The third-order valence-electron chi connectivity index (χ3n) is 1.77. The van der Waals surface area contributed by atoms with Gasteiger partial charge in [0.1, 0.15) is 0 Å². The van der Waals surface area contributed by atoms with Crippen molar-refractivity contribution in [1.29, 1.82) is 0 Å². The van der Waals surface area contributed by atoms with Gasteiger partial charge in [0, 0.05) is 26.3 Å². The zero-order valence-electron chi connectivity index (χ0n) is 8.03.